The molecule has 0 atom stereocenters. The van der Waals surface area contributed by atoms with Gasteiger partial charge < -0.3 is 9.47 Å². The van der Waals surface area contributed by atoms with Gasteiger partial charge >= 0.3 is 5.97 Å². The van der Waals surface area contributed by atoms with Gasteiger partial charge in [-0.1, -0.05) is 58.4 Å². The van der Waals surface area contributed by atoms with Gasteiger partial charge in [-0.15, -0.1) is 0 Å². The molecule has 0 aliphatic rings. The van der Waals surface area contributed by atoms with Crippen LogP contribution in [0.2, 0.25) is 0 Å². The van der Waals surface area contributed by atoms with Crippen molar-refractivity contribution in [1.29, 1.82) is 0 Å². The Morgan fingerprint density at radius 3 is 2.35 bits per heavy atom. The van der Waals surface area contributed by atoms with Crippen molar-refractivity contribution in [3.8, 4) is 5.75 Å². The molecule has 2 aromatic carbocycles. The second-order valence-corrected chi connectivity index (χ2v) is 5.36. The number of methoxy groups -OCH3 is 1. The second kappa shape index (κ2) is 8.16. The molecule has 5 heteroatoms. The predicted molar refractivity (Wildman–Crippen MR) is 91.7 cm³/mol. The van der Waals surface area contributed by atoms with Gasteiger partial charge in [0, 0.05) is 4.48 Å². The van der Waals surface area contributed by atoms with Gasteiger partial charge in [0.1, 0.15) is 12.4 Å². The van der Waals surface area contributed by atoms with E-state index in [1.54, 1.807) is 24.3 Å². The summed E-state index contributed by atoms with van der Waals surface area (Å²) < 4.78 is 10.7. The number of rotatable bonds is 5. The maximum Gasteiger partial charge on any atom is 0.337 e. The van der Waals surface area contributed by atoms with E-state index in [0.717, 1.165) is 5.56 Å². The highest BCUT2D eigenvalue weighted by molar-refractivity contribution is 9.15. The molecule has 2 aromatic rings. The lowest BCUT2D eigenvalue weighted by atomic mass is 10.2. The lowest BCUT2D eigenvalue weighted by molar-refractivity contribution is -0.135. The van der Waals surface area contributed by atoms with Gasteiger partial charge in [-0.05, 0) is 23.3 Å². The molecule has 0 unspecified atom stereocenters. The molecule has 0 heterocycles. The highest BCUT2D eigenvalue weighted by Crippen LogP contribution is 2.28. The van der Waals surface area contributed by atoms with E-state index < -0.39 is 5.97 Å². The number of esters is 1. The molecule has 0 aromatic heterocycles. The van der Waals surface area contributed by atoms with Gasteiger partial charge in [0.2, 0.25) is 0 Å². The number of hydrogen-bond donors (Lipinski definition) is 0. The van der Waals surface area contributed by atoms with Crippen LogP contribution < -0.4 is 4.74 Å². The Labute approximate surface area is 143 Å². The van der Waals surface area contributed by atoms with E-state index in [-0.39, 0.29) is 5.70 Å². The summed E-state index contributed by atoms with van der Waals surface area (Å²) in [5.74, 6) is 0.0385. The van der Waals surface area contributed by atoms with Gasteiger partial charge in [-0.2, -0.15) is 0 Å². The fraction of sp³-hybridized carbons (Fsp3) is 0.111. The standard InChI is InChI=1S/C18H14BrNO3/c1-20-17(18(21)22-2)16(19)14-8-10-15(11-9-14)23-12-13-6-4-3-5-7-13/h3-11H,12H2,2H3/b17-16-. The third-order valence-corrected chi connectivity index (χ3v) is 3.89. The number of benzene rings is 2. The number of carbonyl (C=O) groups excluding carboxylic acids is 1. The summed E-state index contributed by atoms with van der Waals surface area (Å²) in [6, 6.07) is 17.0. The first-order valence-corrected chi connectivity index (χ1v) is 7.57. The van der Waals surface area contributed by atoms with E-state index in [4.69, 9.17) is 11.3 Å². The van der Waals surface area contributed by atoms with Crippen molar-refractivity contribution in [2.45, 2.75) is 6.61 Å². The lowest BCUT2D eigenvalue weighted by Gasteiger charge is -2.08. The number of nitrogens with zero attached hydrogens (tertiary/aromatic N) is 1. The van der Waals surface area contributed by atoms with Gasteiger partial charge in [0.15, 0.2) is 0 Å². The molecule has 2 rings (SSSR count). The van der Waals surface area contributed by atoms with Gasteiger partial charge in [-0.25, -0.2) is 4.85 Å². The predicted octanol–water partition coefficient (Wildman–Crippen LogP) is 4.42. The summed E-state index contributed by atoms with van der Waals surface area (Å²) in [5, 5.41) is 0. The van der Waals surface area contributed by atoms with Crippen LogP contribution in [-0.4, -0.2) is 13.1 Å². The topological polar surface area (TPSA) is 39.9 Å². The van der Waals surface area contributed by atoms with Crippen LogP contribution in [0.25, 0.3) is 9.33 Å². The minimum atomic E-state index is -0.670. The Bertz CT molecular complexity index is 746. The Morgan fingerprint density at radius 1 is 1.13 bits per heavy atom. The molecule has 0 N–H and O–H groups in total. The molecule has 0 saturated carbocycles. The first-order valence-electron chi connectivity index (χ1n) is 6.78. The fourth-order valence-corrected chi connectivity index (χ4v) is 2.37. The summed E-state index contributed by atoms with van der Waals surface area (Å²) in [7, 11) is 1.24. The van der Waals surface area contributed by atoms with Crippen molar-refractivity contribution in [3.05, 3.63) is 82.8 Å². The molecule has 0 spiro atoms. The summed E-state index contributed by atoms with van der Waals surface area (Å²) in [5.41, 5.74) is 1.69. The van der Waals surface area contributed by atoms with E-state index in [0.29, 0.717) is 22.4 Å². The highest BCUT2D eigenvalue weighted by atomic mass is 79.9. The maximum atomic E-state index is 11.5. The van der Waals surface area contributed by atoms with Crippen LogP contribution >= 0.6 is 15.9 Å². The van der Waals surface area contributed by atoms with Crippen LogP contribution in [0, 0.1) is 6.57 Å². The molecule has 0 saturated heterocycles. The Morgan fingerprint density at radius 2 is 1.78 bits per heavy atom. The van der Waals surface area contributed by atoms with Gasteiger partial charge in [-0.3, -0.25) is 4.79 Å². The van der Waals surface area contributed by atoms with E-state index in [1.807, 2.05) is 30.3 Å². The van der Waals surface area contributed by atoms with E-state index in [9.17, 15) is 4.79 Å². The minimum absolute atomic E-state index is 0.0922. The smallest absolute Gasteiger partial charge is 0.337 e. The van der Waals surface area contributed by atoms with E-state index in [1.165, 1.54) is 7.11 Å². The Balaban J connectivity index is 2.11. The molecule has 0 aliphatic carbocycles. The largest absolute Gasteiger partial charge is 0.489 e. The molecule has 0 bridgehead atoms. The molecule has 0 radical (unpaired) electrons. The van der Waals surface area contributed by atoms with Crippen molar-refractivity contribution in [2.24, 2.45) is 0 Å². The normalized spacial score (nSPS) is 11.2. The zero-order valence-electron chi connectivity index (χ0n) is 12.5. The lowest BCUT2D eigenvalue weighted by Crippen LogP contribution is -2.02. The van der Waals surface area contributed by atoms with Crippen molar-refractivity contribution < 1.29 is 14.3 Å². The van der Waals surface area contributed by atoms with Crippen LogP contribution in [-0.2, 0) is 16.1 Å². The monoisotopic (exact) mass is 371 g/mol. The molecule has 0 aliphatic heterocycles. The molecule has 0 fully saturated rings. The van der Waals surface area contributed by atoms with Gasteiger partial charge in [0.05, 0.1) is 13.7 Å². The van der Waals surface area contributed by atoms with Crippen LogP contribution in [0.4, 0.5) is 0 Å². The van der Waals surface area contributed by atoms with Crippen molar-refractivity contribution in [3.63, 3.8) is 0 Å². The number of hydrogen-bond acceptors (Lipinski definition) is 3. The first kappa shape index (κ1) is 16.8. The minimum Gasteiger partial charge on any atom is -0.489 e. The fourth-order valence-electron chi connectivity index (χ4n) is 1.86. The maximum absolute atomic E-state index is 11.5. The molecule has 0 amide bonds. The number of halogens is 1. The summed E-state index contributed by atoms with van der Waals surface area (Å²) in [6.45, 7) is 7.57. The zero-order valence-corrected chi connectivity index (χ0v) is 14.0. The van der Waals surface area contributed by atoms with E-state index >= 15 is 0 Å². The quantitative estimate of drug-likeness (QED) is 0.443. The van der Waals surface area contributed by atoms with Crippen molar-refractivity contribution in [2.75, 3.05) is 7.11 Å². The van der Waals surface area contributed by atoms with Crippen LogP contribution in [0.15, 0.2) is 60.3 Å². The average molecular weight is 372 g/mol. The Hall–Kier alpha value is -2.58. The molecule has 4 nitrogen and oxygen atoms in total. The second-order valence-electron chi connectivity index (χ2n) is 4.56. The molecule has 23 heavy (non-hydrogen) atoms. The van der Waals surface area contributed by atoms with Crippen molar-refractivity contribution >= 4 is 26.4 Å². The molecule has 116 valence electrons. The van der Waals surface area contributed by atoms with Crippen molar-refractivity contribution in [1.82, 2.24) is 0 Å². The number of carbonyl (C=O) groups is 1. The Kier molecular flexibility index (Phi) is 5.95. The summed E-state index contributed by atoms with van der Waals surface area (Å²) >= 11 is 3.28. The summed E-state index contributed by atoms with van der Waals surface area (Å²) in [6.07, 6.45) is 0. The van der Waals surface area contributed by atoms with Crippen LogP contribution in [0.1, 0.15) is 11.1 Å². The third kappa shape index (κ3) is 4.44. The number of ether oxygens (including phenoxy) is 2. The average Bonchev–Trinajstić information content (AvgIpc) is 2.61. The third-order valence-electron chi connectivity index (χ3n) is 3.05. The molecular weight excluding hydrogens is 358 g/mol. The molecular formula is C18H14BrNO3. The summed E-state index contributed by atoms with van der Waals surface area (Å²) in [4.78, 5) is 14.7. The first-order chi connectivity index (χ1) is 11.2. The van der Waals surface area contributed by atoms with Crippen LogP contribution in [0.5, 0.6) is 5.75 Å². The zero-order chi connectivity index (χ0) is 16.7. The van der Waals surface area contributed by atoms with Crippen LogP contribution in [0.3, 0.4) is 0 Å². The SMILES string of the molecule is [C-]#[N+]/C(C(=O)OC)=C(\Br)c1ccc(OCc2ccccc2)cc1. The van der Waals surface area contributed by atoms with Gasteiger partial charge in [0.25, 0.3) is 5.70 Å². The highest BCUT2D eigenvalue weighted by Gasteiger charge is 2.16. The van der Waals surface area contributed by atoms with E-state index in [2.05, 4.69) is 25.5 Å².